The van der Waals surface area contributed by atoms with Crippen molar-refractivity contribution in [3.8, 4) is 0 Å². The SMILES string of the molecule is Nc1[nH]nc[nH+]1.O=C([O-])C(=O)O. The number of carbonyl (C=O) groups excluding carboxylic acids is 1. The zero-order valence-corrected chi connectivity index (χ0v) is 5.77. The summed E-state index contributed by atoms with van der Waals surface area (Å²) in [6.45, 7) is 0. The summed E-state index contributed by atoms with van der Waals surface area (Å²) in [4.78, 5) is 20.6. The fourth-order valence-corrected chi connectivity index (χ4v) is 0.236. The first kappa shape index (κ1) is 9.88. The van der Waals surface area contributed by atoms with Crippen molar-refractivity contribution in [2.24, 2.45) is 0 Å². The predicted molar refractivity (Wildman–Crippen MR) is 32.2 cm³/mol. The van der Waals surface area contributed by atoms with Gasteiger partial charge in [-0.1, -0.05) is 0 Å². The number of anilines is 1. The van der Waals surface area contributed by atoms with E-state index in [0.29, 0.717) is 5.95 Å². The molecular formula is C4H6N4O4. The van der Waals surface area contributed by atoms with E-state index in [2.05, 4.69) is 15.2 Å². The number of nitrogens with two attached hydrogens (primary N) is 1. The Hall–Kier alpha value is -2.12. The first-order valence-electron chi connectivity index (χ1n) is 2.65. The molecule has 0 aliphatic carbocycles. The molecule has 1 aromatic heterocycles. The Balaban J connectivity index is 0.000000202. The van der Waals surface area contributed by atoms with Gasteiger partial charge in [0, 0.05) is 0 Å². The average Bonchev–Trinajstić information content (AvgIpc) is 2.40. The highest BCUT2D eigenvalue weighted by atomic mass is 16.4. The van der Waals surface area contributed by atoms with Crippen molar-refractivity contribution in [2.45, 2.75) is 0 Å². The molecule has 1 heterocycles. The molecule has 0 unspecified atom stereocenters. The third-order valence-electron chi connectivity index (χ3n) is 0.644. The van der Waals surface area contributed by atoms with Gasteiger partial charge in [-0.05, 0) is 5.10 Å². The van der Waals surface area contributed by atoms with Crippen LogP contribution in [0.25, 0.3) is 0 Å². The lowest BCUT2D eigenvalue weighted by atomic mass is 10.7. The summed E-state index contributed by atoms with van der Waals surface area (Å²) in [6, 6.07) is 0. The maximum atomic E-state index is 9.04. The molecule has 0 saturated carbocycles. The molecule has 66 valence electrons. The zero-order chi connectivity index (χ0) is 9.56. The zero-order valence-electron chi connectivity index (χ0n) is 5.77. The van der Waals surface area contributed by atoms with Crippen LogP contribution in [-0.2, 0) is 9.59 Å². The van der Waals surface area contributed by atoms with E-state index in [4.69, 9.17) is 25.5 Å². The number of aromatic amines is 2. The predicted octanol–water partition coefficient (Wildman–Crippen LogP) is -3.37. The van der Waals surface area contributed by atoms with E-state index in [0.717, 1.165) is 0 Å². The Morgan fingerprint density at radius 2 is 2.25 bits per heavy atom. The van der Waals surface area contributed by atoms with Gasteiger partial charge in [-0.3, -0.25) is 0 Å². The molecule has 0 atom stereocenters. The average molecular weight is 174 g/mol. The number of hydrogen-bond acceptors (Lipinski definition) is 5. The van der Waals surface area contributed by atoms with Crippen molar-refractivity contribution < 1.29 is 24.8 Å². The van der Waals surface area contributed by atoms with Crippen LogP contribution in [0.5, 0.6) is 0 Å². The van der Waals surface area contributed by atoms with Crippen LogP contribution in [-0.4, -0.2) is 27.2 Å². The lowest BCUT2D eigenvalue weighted by Crippen LogP contribution is -2.30. The molecule has 0 radical (unpaired) electrons. The van der Waals surface area contributed by atoms with Crippen LogP contribution in [0.1, 0.15) is 0 Å². The quantitative estimate of drug-likeness (QED) is 0.350. The number of nitrogens with zero attached hydrogens (tertiary/aromatic N) is 1. The minimum Gasteiger partial charge on any atom is -0.539 e. The van der Waals surface area contributed by atoms with E-state index >= 15 is 0 Å². The van der Waals surface area contributed by atoms with E-state index in [-0.39, 0.29) is 0 Å². The van der Waals surface area contributed by atoms with Gasteiger partial charge in [0.15, 0.2) is 5.97 Å². The fourth-order valence-electron chi connectivity index (χ4n) is 0.236. The van der Waals surface area contributed by atoms with Crippen molar-refractivity contribution in [1.29, 1.82) is 0 Å². The first-order valence-corrected chi connectivity index (χ1v) is 2.65. The highest BCUT2D eigenvalue weighted by molar-refractivity contribution is 6.26. The molecule has 0 bridgehead atoms. The number of nitrogen functional groups attached to an aromatic ring is 1. The summed E-state index contributed by atoms with van der Waals surface area (Å²) in [5, 5.41) is 22.3. The Morgan fingerprint density at radius 1 is 1.75 bits per heavy atom. The van der Waals surface area contributed by atoms with Gasteiger partial charge in [-0.15, -0.1) is 5.10 Å². The van der Waals surface area contributed by atoms with Crippen LogP contribution in [0.3, 0.4) is 0 Å². The van der Waals surface area contributed by atoms with E-state index in [1.165, 1.54) is 6.33 Å². The molecule has 8 heteroatoms. The van der Waals surface area contributed by atoms with Crippen LogP contribution < -0.4 is 15.8 Å². The van der Waals surface area contributed by atoms with Crippen LogP contribution in [0, 0.1) is 0 Å². The fraction of sp³-hybridized carbons (Fsp3) is 0. The van der Waals surface area contributed by atoms with Gasteiger partial charge in [0.25, 0.3) is 0 Å². The molecule has 0 aromatic carbocycles. The molecule has 0 spiro atoms. The largest absolute Gasteiger partial charge is 0.539 e. The molecule has 0 aliphatic heterocycles. The third kappa shape index (κ3) is 4.73. The van der Waals surface area contributed by atoms with Crippen molar-refractivity contribution in [3.05, 3.63) is 6.33 Å². The maximum absolute atomic E-state index is 9.04. The summed E-state index contributed by atoms with van der Waals surface area (Å²) >= 11 is 0. The van der Waals surface area contributed by atoms with Crippen LogP contribution >= 0.6 is 0 Å². The second kappa shape index (κ2) is 4.66. The molecule has 0 fully saturated rings. The second-order valence-corrected chi connectivity index (χ2v) is 1.52. The summed E-state index contributed by atoms with van der Waals surface area (Å²) < 4.78 is 0. The Bertz CT molecular complexity index is 244. The van der Waals surface area contributed by atoms with Crippen molar-refractivity contribution in [1.82, 2.24) is 10.2 Å². The summed E-state index contributed by atoms with van der Waals surface area (Å²) in [7, 11) is 0. The lowest BCUT2D eigenvalue weighted by molar-refractivity contribution is -0.360. The number of carboxylic acids is 2. The smallest absolute Gasteiger partial charge is 0.351 e. The normalized spacial score (nSPS) is 8.00. The van der Waals surface area contributed by atoms with Crippen LogP contribution in [0.15, 0.2) is 6.33 Å². The second-order valence-electron chi connectivity index (χ2n) is 1.52. The Labute approximate surface area is 66.0 Å². The van der Waals surface area contributed by atoms with Gasteiger partial charge in [-0.2, -0.15) is 0 Å². The molecule has 5 N–H and O–H groups in total. The van der Waals surface area contributed by atoms with Gasteiger partial charge >= 0.3 is 11.9 Å². The van der Waals surface area contributed by atoms with E-state index in [1.54, 1.807) is 0 Å². The number of aliphatic carboxylic acids is 2. The summed E-state index contributed by atoms with van der Waals surface area (Å²) in [5.74, 6) is -3.53. The summed E-state index contributed by atoms with van der Waals surface area (Å²) in [5.41, 5.74) is 5.10. The number of H-pyrrole nitrogens is 2. The number of hydrogen-bond donors (Lipinski definition) is 3. The number of rotatable bonds is 0. The molecule has 1 aromatic rings. The number of carboxylic acid groups (broad SMARTS) is 2. The summed E-state index contributed by atoms with van der Waals surface area (Å²) in [6.07, 6.45) is 1.48. The highest BCUT2D eigenvalue weighted by Gasteiger charge is 1.90. The Kier molecular flexibility index (Phi) is 3.84. The molecule has 0 aliphatic rings. The number of aromatic nitrogens is 3. The van der Waals surface area contributed by atoms with Crippen LogP contribution in [0.4, 0.5) is 5.95 Å². The van der Waals surface area contributed by atoms with Gasteiger partial charge in [-0.25, -0.2) is 9.78 Å². The van der Waals surface area contributed by atoms with E-state index in [1.807, 2.05) is 0 Å². The Morgan fingerprint density at radius 3 is 2.33 bits per heavy atom. The first-order chi connectivity index (χ1) is 5.54. The highest BCUT2D eigenvalue weighted by Crippen LogP contribution is 1.67. The van der Waals surface area contributed by atoms with E-state index < -0.39 is 11.9 Å². The molecule has 1 rings (SSSR count). The molecule has 8 nitrogen and oxygen atoms in total. The molecule has 0 amide bonds. The third-order valence-corrected chi connectivity index (χ3v) is 0.644. The molecule has 12 heavy (non-hydrogen) atoms. The van der Waals surface area contributed by atoms with Crippen molar-refractivity contribution >= 4 is 17.9 Å². The molecular weight excluding hydrogens is 168 g/mol. The maximum Gasteiger partial charge on any atom is 0.351 e. The monoisotopic (exact) mass is 174 g/mol. The van der Waals surface area contributed by atoms with Crippen LogP contribution in [0.2, 0.25) is 0 Å². The topological polar surface area (TPSA) is 146 Å². The van der Waals surface area contributed by atoms with E-state index in [9.17, 15) is 0 Å². The number of nitrogens with one attached hydrogen (secondary N) is 2. The lowest BCUT2D eigenvalue weighted by Gasteiger charge is -1.85. The van der Waals surface area contributed by atoms with Gasteiger partial charge in [0.1, 0.15) is 0 Å². The van der Waals surface area contributed by atoms with Gasteiger partial charge in [0.2, 0.25) is 6.33 Å². The minimum absolute atomic E-state index is 0.481. The molecule has 0 saturated heterocycles. The van der Waals surface area contributed by atoms with Crippen molar-refractivity contribution in [3.63, 3.8) is 0 Å². The van der Waals surface area contributed by atoms with Crippen molar-refractivity contribution in [2.75, 3.05) is 5.73 Å². The van der Waals surface area contributed by atoms with Gasteiger partial charge < -0.3 is 20.7 Å². The number of carbonyl (C=O) groups is 2. The minimum atomic E-state index is -2.07. The standard InChI is InChI=1S/C2H4N4.C2H2O4/c3-2-4-1-5-6-2;3-1(4)2(5)6/h1H,(H3,3,4,5,6);(H,3,4)(H,5,6). The van der Waals surface area contributed by atoms with Gasteiger partial charge in [0.05, 0.1) is 0 Å².